The van der Waals surface area contributed by atoms with E-state index in [2.05, 4.69) is 40.0 Å². The maximum atomic E-state index is 12.6. The number of hydrogen-bond donors (Lipinski definition) is 1. The van der Waals surface area contributed by atoms with E-state index >= 15 is 0 Å². The minimum absolute atomic E-state index is 0.178. The van der Waals surface area contributed by atoms with Gasteiger partial charge in [-0.2, -0.15) is 0 Å². The smallest absolute Gasteiger partial charge is 0.255 e. The molecule has 0 fully saturated rings. The molecule has 24 heavy (non-hydrogen) atoms. The molecule has 0 atom stereocenters. The molecule has 1 amide bonds. The summed E-state index contributed by atoms with van der Waals surface area (Å²) in [4.78, 5) is 12.6. The molecule has 0 saturated heterocycles. The minimum Gasteiger partial charge on any atom is -0.495 e. The van der Waals surface area contributed by atoms with E-state index in [9.17, 15) is 4.79 Å². The van der Waals surface area contributed by atoms with Gasteiger partial charge in [-0.25, -0.2) is 0 Å². The highest BCUT2D eigenvalue weighted by Gasteiger charge is 2.16. The minimum atomic E-state index is -0.178. The van der Waals surface area contributed by atoms with Crippen molar-refractivity contribution in [2.24, 2.45) is 0 Å². The molecule has 0 unspecified atom stereocenters. The third-order valence-electron chi connectivity index (χ3n) is 4.29. The summed E-state index contributed by atoms with van der Waals surface area (Å²) in [5, 5.41) is 3.53. The van der Waals surface area contributed by atoms with Gasteiger partial charge in [0, 0.05) is 14.2 Å². The van der Waals surface area contributed by atoms with Crippen molar-refractivity contribution in [3.63, 3.8) is 0 Å². The highest BCUT2D eigenvalue weighted by molar-refractivity contribution is 14.1. The predicted octanol–water partition coefficient (Wildman–Crippen LogP) is 5.47. The Morgan fingerprint density at radius 1 is 1.08 bits per heavy atom. The maximum absolute atomic E-state index is 12.6. The third kappa shape index (κ3) is 4.03. The van der Waals surface area contributed by atoms with Gasteiger partial charge in [-0.1, -0.05) is 18.0 Å². The molecule has 0 heterocycles. The van der Waals surface area contributed by atoms with Gasteiger partial charge in [0.25, 0.3) is 5.91 Å². The summed E-state index contributed by atoms with van der Waals surface area (Å²) in [5.41, 5.74) is 3.91. The summed E-state index contributed by atoms with van der Waals surface area (Å²) in [6.07, 6.45) is 5.78. The van der Waals surface area contributed by atoms with E-state index in [4.69, 9.17) is 16.3 Å². The van der Waals surface area contributed by atoms with Crippen LogP contribution in [0.2, 0.25) is 5.02 Å². The lowest BCUT2D eigenvalue weighted by Gasteiger charge is -2.15. The number of halogens is 2. The van der Waals surface area contributed by atoms with Crippen LogP contribution in [0.25, 0.3) is 0 Å². The Kier molecular flexibility index (Phi) is 5.66. The molecule has 0 radical (unpaired) electrons. The number of fused-ring (bicyclic) bond motifs is 1. The van der Waals surface area contributed by atoms with Gasteiger partial charge in [-0.05, 0) is 89.7 Å². The molecule has 3 nitrogen and oxygen atoms in total. The number of rotatable bonds is 3. The van der Waals surface area contributed by atoms with Gasteiger partial charge in [0.15, 0.2) is 0 Å². The van der Waals surface area contributed by atoms with Gasteiger partial charge >= 0.3 is 0 Å². The molecule has 0 bridgehead atoms. The first-order chi connectivity index (χ1) is 11.6. The maximum Gasteiger partial charge on any atom is 0.255 e. The highest BCUT2D eigenvalue weighted by atomic mass is 127. The molecule has 2 aromatic rings. The van der Waals surface area contributed by atoms with Gasteiger partial charge in [0.2, 0.25) is 0 Å². The molecule has 0 aliphatic heterocycles. The number of nitrogens with one attached hydrogen (secondary N) is 1. The Morgan fingerprint density at radius 3 is 2.46 bits per heavy atom. The summed E-state index contributed by atoms with van der Waals surface area (Å²) in [6.45, 7) is 0. The molecular formula is C19H19ClINO2. The number of carbonyl (C=O) groups is 1. The van der Waals surface area contributed by atoms with Crippen LogP contribution in [0.15, 0.2) is 30.3 Å². The first-order valence-corrected chi connectivity index (χ1v) is 9.50. The van der Waals surface area contributed by atoms with E-state index in [0.717, 1.165) is 22.1 Å². The molecular weight excluding hydrogens is 437 g/mol. The number of aryl methyl sites for hydroxylation is 2. The molecule has 1 aliphatic carbocycles. The lowest BCUT2D eigenvalue weighted by Crippen LogP contribution is -2.13. The molecule has 0 spiro atoms. The number of amides is 1. The van der Waals surface area contributed by atoms with Crippen molar-refractivity contribution in [3.8, 4) is 5.75 Å². The van der Waals surface area contributed by atoms with Crippen molar-refractivity contribution in [1.29, 1.82) is 0 Å². The zero-order chi connectivity index (χ0) is 17.1. The van der Waals surface area contributed by atoms with E-state index in [0.29, 0.717) is 16.3 Å². The zero-order valence-corrected chi connectivity index (χ0v) is 16.4. The number of carbonyl (C=O) groups excluding carboxylic acids is 1. The summed E-state index contributed by atoms with van der Waals surface area (Å²) < 4.78 is 6.42. The van der Waals surface area contributed by atoms with Gasteiger partial charge < -0.3 is 10.1 Å². The normalized spacial score (nSPS) is 13.8. The average Bonchev–Trinajstić information content (AvgIpc) is 2.77. The Hall–Kier alpha value is -1.27. The predicted molar refractivity (Wildman–Crippen MR) is 106 cm³/mol. The Balaban J connectivity index is 1.91. The van der Waals surface area contributed by atoms with Crippen LogP contribution < -0.4 is 10.1 Å². The molecule has 126 valence electrons. The topological polar surface area (TPSA) is 38.3 Å². The first kappa shape index (κ1) is 17.5. The lowest BCUT2D eigenvalue weighted by molar-refractivity contribution is 0.102. The van der Waals surface area contributed by atoms with Gasteiger partial charge in [0.1, 0.15) is 5.75 Å². The van der Waals surface area contributed by atoms with Gasteiger partial charge in [-0.15, -0.1) is 0 Å². The summed E-state index contributed by atoms with van der Waals surface area (Å²) in [6, 6.07) is 9.44. The Bertz CT molecular complexity index is 756. The molecule has 1 N–H and O–H groups in total. The standard InChI is InChI=1S/C19H19ClINO2/c1-24-18-10-13-6-4-2-3-5-12(13)9-17(18)22-19(23)14-7-15(20)11-16(21)8-14/h7-11H,2-6H2,1H3,(H,22,23). The van der Waals surface area contributed by atoms with Crippen molar-refractivity contribution >= 4 is 45.8 Å². The van der Waals surface area contributed by atoms with E-state index in [-0.39, 0.29) is 5.91 Å². The van der Waals surface area contributed by atoms with E-state index in [1.54, 1.807) is 13.2 Å². The molecule has 5 heteroatoms. The van der Waals surface area contributed by atoms with Crippen LogP contribution in [-0.2, 0) is 12.8 Å². The first-order valence-electron chi connectivity index (χ1n) is 8.04. The fraction of sp³-hybridized carbons (Fsp3) is 0.316. The fourth-order valence-corrected chi connectivity index (χ4v) is 4.18. The number of hydrogen-bond acceptors (Lipinski definition) is 2. The van der Waals surface area contributed by atoms with Crippen LogP contribution in [-0.4, -0.2) is 13.0 Å². The Labute approximate surface area is 160 Å². The zero-order valence-electron chi connectivity index (χ0n) is 13.5. The second kappa shape index (κ2) is 7.74. The van der Waals surface area contributed by atoms with Crippen LogP contribution in [0.4, 0.5) is 5.69 Å². The summed E-state index contributed by atoms with van der Waals surface area (Å²) >= 11 is 8.21. The van der Waals surface area contributed by atoms with Crippen molar-refractivity contribution < 1.29 is 9.53 Å². The number of anilines is 1. The second-order valence-electron chi connectivity index (χ2n) is 5.99. The molecule has 3 rings (SSSR count). The van der Waals surface area contributed by atoms with E-state index < -0.39 is 0 Å². The van der Waals surface area contributed by atoms with Crippen LogP contribution >= 0.6 is 34.2 Å². The molecule has 0 saturated carbocycles. The SMILES string of the molecule is COc1cc2c(cc1NC(=O)c1cc(Cl)cc(I)c1)CCCCC2. The summed E-state index contributed by atoms with van der Waals surface area (Å²) in [7, 11) is 1.64. The van der Waals surface area contributed by atoms with Crippen LogP contribution in [0.3, 0.4) is 0 Å². The monoisotopic (exact) mass is 455 g/mol. The molecule has 1 aliphatic rings. The third-order valence-corrected chi connectivity index (χ3v) is 5.13. The molecule has 0 aromatic heterocycles. The van der Waals surface area contributed by atoms with Crippen molar-refractivity contribution in [2.45, 2.75) is 32.1 Å². The van der Waals surface area contributed by atoms with Crippen LogP contribution in [0.5, 0.6) is 5.75 Å². The number of benzene rings is 2. The summed E-state index contributed by atoms with van der Waals surface area (Å²) in [5.74, 6) is 0.531. The largest absolute Gasteiger partial charge is 0.495 e. The van der Waals surface area contributed by atoms with Gasteiger partial charge in [0.05, 0.1) is 12.8 Å². The van der Waals surface area contributed by atoms with Crippen LogP contribution in [0, 0.1) is 3.57 Å². The van der Waals surface area contributed by atoms with Gasteiger partial charge in [-0.3, -0.25) is 4.79 Å². The molecule has 2 aromatic carbocycles. The van der Waals surface area contributed by atoms with Crippen molar-refractivity contribution in [2.75, 3.05) is 12.4 Å². The Morgan fingerprint density at radius 2 is 1.79 bits per heavy atom. The highest BCUT2D eigenvalue weighted by Crippen LogP contribution is 2.32. The van der Waals surface area contributed by atoms with Crippen molar-refractivity contribution in [3.05, 3.63) is 55.6 Å². The average molecular weight is 456 g/mol. The van der Waals surface area contributed by atoms with E-state index in [1.165, 1.54) is 30.4 Å². The number of methoxy groups -OCH3 is 1. The fourth-order valence-electron chi connectivity index (χ4n) is 3.09. The van der Waals surface area contributed by atoms with Crippen LogP contribution in [0.1, 0.15) is 40.7 Å². The second-order valence-corrected chi connectivity index (χ2v) is 7.68. The quantitative estimate of drug-likeness (QED) is 0.492. The van der Waals surface area contributed by atoms with E-state index in [1.807, 2.05) is 12.1 Å². The van der Waals surface area contributed by atoms with Crippen molar-refractivity contribution in [1.82, 2.24) is 0 Å². The number of ether oxygens (including phenoxy) is 1. The lowest BCUT2D eigenvalue weighted by atomic mass is 10.0.